The molecule has 1 aliphatic carbocycles. The van der Waals surface area contributed by atoms with Gasteiger partial charge >= 0.3 is 0 Å². The minimum Gasteiger partial charge on any atom is -0.465 e. The highest BCUT2D eigenvalue weighted by molar-refractivity contribution is 6.20. The Morgan fingerprint density at radius 1 is 1.18 bits per heavy atom. The Labute approximate surface area is 164 Å². The number of hydrogen-bond acceptors (Lipinski definition) is 4. The summed E-state index contributed by atoms with van der Waals surface area (Å²) in [6, 6.07) is 13.2. The molecule has 0 saturated carbocycles. The summed E-state index contributed by atoms with van der Waals surface area (Å²) in [7, 11) is 0. The van der Waals surface area contributed by atoms with E-state index < -0.39 is 0 Å². The van der Waals surface area contributed by atoms with Crippen LogP contribution in [0.4, 0.5) is 0 Å². The molecular formula is C23H23N3O2. The van der Waals surface area contributed by atoms with E-state index in [0.29, 0.717) is 17.3 Å². The lowest BCUT2D eigenvalue weighted by atomic mass is 9.79. The second-order valence-electron chi connectivity index (χ2n) is 7.96. The molecule has 5 nitrogen and oxygen atoms in total. The maximum Gasteiger partial charge on any atom is 0.298 e. The molecule has 28 heavy (non-hydrogen) atoms. The second kappa shape index (κ2) is 7.08. The maximum absolute atomic E-state index is 13.1. The van der Waals surface area contributed by atoms with Crippen LogP contribution in [0.15, 0.2) is 80.6 Å². The van der Waals surface area contributed by atoms with E-state index in [1.807, 2.05) is 30.3 Å². The Hall–Kier alpha value is -3.21. The van der Waals surface area contributed by atoms with Crippen LogP contribution in [0.5, 0.6) is 0 Å². The molecule has 2 aromatic rings. The fourth-order valence-electron chi connectivity index (χ4n) is 3.77. The first-order chi connectivity index (χ1) is 13.4. The van der Waals surface area contributed by atoms with Gasteiger partial charge in [-0.3, -0.25) is 4.79 Å². The highest BCUT2D eigenvalue weighted by Crippen LogP contribution is 2.32. The van der Waals surface area contributed by atoms with Gasteiger partial charge in [-0.2, -0.15) is 10.1 Å². The normalized spacial score (nSPS) is 22.0. The van der Waals surface area contributed by atoms with E-state index in [9.17, 15) is 4.79 Å². The number of allylic oxidation sites excluding steroid dienone is 2. The summed E-state index contributed by atoms with van der Waals surface area (Å²) in [5.74, 6) is 0.889. The monoisotopic (exact) mass is 373 g/mol. The van der Waals surface area contributed by atoms with Crippen molar-refractivity contribution in [2.45, 2.75) is 33.6 Å². The van der Waals surface area contributed by atoms with Gasteiger partial charge in [-0.1, -0.05) is 55.8 Å². The van der Waals surface area contributed by atoms with Crippen molar-refractivity contribution in [3.05, 3.63) is 77.4 Å². The first kappa shape index (κ1) is 18.2. The van der Waals surface area contributed by atoms with Crippen molar-refractivity contribution in [2.75, 3.05) is 0 Å². The average Bonchev–Trinajstić information content (AvgIpc) is 3.25. The van der Waals surface area contributed by atoms with E-state index in [-0.39, 0.29) is 11.3 Å². The number of furan rings is 1. The largest absolute Gasteiger partial charge is 0.465 e. The number of carbonyl (C=O) groups excluding carboxylic acids is 1. The molecule has 0 spiro atoms. The van der Waals surface area contributed by atoms with Gasteiger partial charge in [0, 0.05) is 23.8 Å². The number of hydrogen-bond donors (Lipinski definition) is 0. The van der Waals surface area contributed by atoms with E-state index in [1.165, 1.54) is 10.6 Å². The lowest BCUT2D eigenvalue weighted by molar-refractivity contribution is -0.122. The third kappa shape index (κ3) is 3.74. The second-order valence-corrected chi connectivity index (χ2v) is 7.96. The number of benzene rings is 1. The standard InChI is InChI=1S/C23H23N3O2/c1-16-12-18(15-23(2,3)14-16)25-26-21(17-8-5-4-6-9-17)24-20(22(26)27)13-19-10-7-11-28-19/h4-11,13-14H,12,15H2,1-3H3. The number of rotatable bonds is 3. The molecule has 0 N–H and O–H groups in total. The fraction of sp³-hybridized carbons (Fsp3) is 0.261. The van der Waals surface area contributed by atoms with Crippen LogP contribution in [0, 0.1) is 5.41 Å². The molecule has 142 valence electrons. The van der Waals surface area contributed by atoms with Gasteiger partial charge in [0.1, 0.15) is 11.5 Å². The zero-order chi connectivity index (χ0) is 19.7. The number of aliphatic imine (C=N–C) groups is 1. The lowest BCUT2D eigenvalue weighted by Crippen LogP contribution is -2.31. The Bertz CT molecular complexity index is 1010. The molecule has 1 aromatic carbocycles. The Balaban J connectivity index is 1.75. The predicted molar refractivity (Wildman–Crippen MR) is 111 cm³/mol. The van der Waals surface area contributed by atoms with Crippen LogP contribution in [0.1, 0.15) is 44.9 Å². The zero-order valence-electron chi connectivity index (χ0n) is 16.3. The molecule has 0 radical (unpaired) electrons. The van der Waals surface area contributed by atoms with Gasteiger partial charge in [0.2, 0.25) is 0 Å². The van der Waals surface area contributed by atoms with Gasteiger partial charge in [-0.25, -0.2) is 4.99 Å². The third-order valence-corrected chi connectivity index (χ3v) is 4.71. The Morgan fingerprint density at radius 3 is 2.64 bits per heavy atom. The van der Waals surface area contributed by atoms with E-state index in [2.05, 4.69) is 31.8 Å². The summed E-state index contributed by atoms with van der Waals surface area (Å²) in [5, 5.41) is 6.20. The molecule has 0 atom stereocenters. The summed E-state index contributed by atoms with van der Waals surface area (Å²) < 4.78 is 5.35. The summed E-state index contributed by atoms with van der Waals surface area (Å²) in [4.78, 5) is 17.7. The number of carbonyl (C=O) groups is 1. The van der Waals surface area contributed by atoms with Gasteiger partial charge in [-0.15, -0.1) is 0 Å². The molecule has 0 bridgehead atoms. The SMILES string of the molecule is CC1=CC(C)(C)CC(=NN2C(=O)C(=Cc3ccco3)N=C2c2ccccc2)C1. The van der Waals surface area contributed by atoms with Crippen LogP contribution < -0.4 is 0 Å². The van der Waals surface area contributed by atoms with Crippen molar-refractivity contribution in [3.8, 4) is 0 Å². The van der Waals surface area contributed by atoms with Crippen molar-refractivity contribution in [1.29, 1.82) is 0 Å². The van der Waals surface area contributed by atoms with Crippen molar-refractivity contribution < 1.29 is 9.21 Å². The van der Waals surface area contributed by atoms with E-state index in [1.54, 1.807) is 24.5 Å². The average molecular weight is 373 g/mol. The molecule has 0 saturated heterocycles. The van der Waals surface area contributed by atoms with Crippen LogP contribution in [-0.2, 0) is 4.79 Å². The molecular weight excluding hydrogens is 350 g/mol. The Kier molecular flexibility index (Phi) is 4.59. The molecule has 2 aliphatic rings. The molecule has 4 rings (SSSR count). The predicted octanol–water partition coefficient (Wildman–Crippen LogP) is 5.03. The fourth-order valence-corrected chi connectivity index (χ4v) is 3.77. The van der Waals surface area contributed by atoms with E-state index >= 15 is 0 Å². The summed E-state index contributed by atoms with van der Waals surface area (Å²) in [5.41, 5.74) is 3.46. The van der Waals surface area contributed by atoms with Crippen LogP contribution in [0.25, 0.3) is 6.08 Å². The number of amides is 1. The van der Waals surface area contributed by atoms with Crippen LogP contribution >= 0.6 is 0 Å². The smallest absolute Gasteiger partial charge is 0.298 e. The van der Waals surface area contributed by atoms with Gasteiger partial charge in [0.05, 0.1) is 6.26 Å². The highest BCUT2D eigenvalue weighted by atomic mass is 16.3. The Morgan fingerprint density at radius 2 is 1.96 bits per heavy atom. The van der Waals surface area contributed by atoms with Crippen LogP contribution in [0.2, 0.25) is 0 Å². The van der Waals surface area contributed by atoms with Gasteiger partial charge < -0.3 is 4.42 Å². The summed E-state index contributed by atoms with van der Waals surface area (Å²) in [6.45, 7) is 6.48. The van der Waals surface area contributed by atoms with E-state index in [4.69, 9.17) is 9.52 Å². The minimum atomic E-state index is -0.243. The number of nitrogens with zero attached hydrogens (tertiary/aromatic N) is 3. The topological polar surface area (TPSA) is 58.2 Å². The molecule has 0 unspecified atom stereocenters. The maximum atomic E-state index is 13.1. The molecule has 0 fully saturated rings. The van der Waals surface area contributed by atoms with Crippen molar-refractivity contribution >= 4 is 23.5 Å². The van der Waals surface area contributed by atoms with Crippen molar-refractivity contribution in [2.24, 2.45) is 15.5 Å². The molecule has 1 aliphatic heterocycles. The third-order valence-electron chi connectivity index (χ3n) is 4.71. The van der Waals surface area contributed by atoms with Crippen molar-refractivity contribution in [1.82, 2.24) is 5.01 Å². The molecule has 5 heteroatoms. The molecule has 2 heterocycles. The molecule has 1 amide bonds. The minimum absolute atomic E-state index is 0.0286. The molecule has 1 aromatic heterocycles. The van der Waals surface area contributed by atoms with Gasteiger partial charge in [0.15, 0.2) is 5.84 Å². The van der Waals surface area contributed by atoms with Crippen molar-refractivity contribution in [3.63, 3.8) is 0 Å². The first-order valence-electron chi connectivity index (χ1n) is 9.40. The summed E-state index contributed by atoms with van der Waals surface area (Å²) >= 11 is 0. The van der Waals surface area contributed by atoms with Crippen LogP contribution in [-0.4, -0.2) is 22.5 Å². The van der Waals surface area contributed by atoms with Crippen LogP contribution in [0.3, 0.4) is 0 Å². The van der Waals surface area contributed by atoms with Gasteiger partial charge in [0.25, 0.3) is 5.91 Å². The highest BCUT2D eigenvalue weighted by Gasteiger charge is 2.33. The lowest BCUT2D eigenvalue weighted by Gasteiger charge is -2.28. The number of amidine groups is 1. The summed E-state index contributed by atoms with van der Waals surface area (Å²) in [6.07, 6.45) is 7.10. The number of hydrazone groups is 1. The van der Waals surface area contributed by atoms with E-state index in [0.717, 1.165) is 24.1 Å². The quantitative estimate of drug-likeness (QED) is 0.559. The first-order valence-corrected chi connectivity index (χ1v) is 9.40. The van der Waals surface area contributed by atoms with Gasteiger partial charge in [-0.05, 0) is 30.9 Å². The zero-order valence-corrected chi connectivity index (χ0v) is 16.3.